The van der Waals surface area contributed by atoms with E-state index in [1.54, 1.807) is 6.20 Å². The predicted octanol–water partition coefficient (Wildman–Crippen LogP) is 1.92. The van der Waals surface area contributed by atoms with Gasteiger partial charge in [0.15, 0.2) is 5.03 Å². The van der Waals surface area contributed by atoms with Crippen molar-refractivity contribution in [1.82, 2.24) is 9.55 Å². The van der Waals surface area contributed by atoms with Gasteiger partial charge in [0.1, 0.15) is 5.82 Å². The molecule has 0 atom stereocenters. The molecular formula is C12H23N3O2S. The van der Waals surface area contributed by atoms with E-state index in [0.717, 1.165) is 38.1 Å². The number of rotatable bonds is 7. The van der Waals surface area contributed by atoms with E-state index in [1.807, 2.05) is 11.5 Å². The summed E-state index contributed by atoms with van der Waals surface area (Å²) in [5.74, 6) is 1.36. The Kier molecular flexibility index (Phi) is 5.34. The van der Waals surface area contributed by atoms with Crippen LogP contribution in [0.4, 0.5) is 0 Å². The predicted molar refractivity (Wildman–Crippen MR) is 71.7 cm³/mol. The molecular weight excluding hydrogens is 250 g/mol. The molecule has 6 heteroatoms. The number of hydrogen-bond acceptors (Lipinski definition) is 3. The molecule has 1 heterocycles. The normalized spacial score (nSPS) is 12.3. The van der Waals surface area contributed by atoms with Gasteiger partial charge < -0.3 is 4.57 Å². The molecule has 1 aromatic heterocycles. The maximum atomic E-state index is 11.3. The first-order chi connectivity index (χ1) is 8.42. The van der Waals surface area contributed by atoms with E-state index in [4.69, 9.17) is 5.14 Å². The fourth-order valence-corrected chi connectivity index (χ4v) is 2.48. The number of sulfonamides is 1. The average molecular weight is 273 g/mol. The van der Waals surface area contributed by atoms with Crippen molar-refractivity contribution >= 4 is 10.0 Å². The maximum Gasteiger partial charge on any atom is 0.257 e. The number of hydrogen-bond donors (Lipinski definition) is 1. The minimum Gasteiger partial charge on any atom is -0.333 e. The van der Waals surface area contributed by atoms with Gasteiger partial charge >= 0.3 is 0 Å². The van der Waals surface area contributed by atoms with E-state index >= 15 is 0 Å². The van der Waals surface area contributed by atoms with Crippen LogP contribution in [-0.4, -0.2) is 18.0 Å². The zero-order valence-corrected chi connectivity index (χ0v) is 12.2. The quantitative estimate of drug-likeness (QED) is 0.824. The van der Waals surface area contributed by atoms with E-state index < -0.39 is 10.0 Å². The molecule has 2 N–H and O–H groups in total. The molecule has 0 unspecified atom stereocenters. The van der Waals surface area contributed by atoms with Crippen molar-refractivity contribution in [3.05, 3.63) is 12.0 Å². The van der Waals surface area contributed by atoms with Crippen LogP contribution in [0.1, 0.15) is 45.9 Å². The highest BCUT2D eigenvalue weighted by Gasteiger charge is 2.17. The van der Waals surface area contributed by atoms with Crippen LogP contribution < -0.4 is 5.14 Å². The number of nitrogens with two attached hydrogens (primary N) is 1. The van der Waals surface area contributed by atoms with E-state index in [0.29, 0.717) is 5.92 Å². The van der Waals surface area contributed by atoms with Crippen molar-refractivity contribution in [2.75, 3.05) is 0 Å². The third kappa shape index (κ3) is 3.81. The third-order valence-corrected chi connectivity index (χ3v) is 3.99. The van der Waals surface area contributed by atoms with Crippen LogP contribution in [-0.2, 0) is 23.0 Å². The zero-order chi connectivity index (χ0) is 13.8. The fraction of sp³-hybridized carbons (Fsp3) is 0.750. The number of imidazole rings is 1. The lowest BCUT2D eigenvalue weighted by Gasteiger charge is -2.14. The molecule has 18 heavy (non-hydrogen) atoms. The highest BCUT2D eigenvalue weighted by molar-refractivity contribution is 7.89. The second-order valence-corrected chi connectivity index (χ2v) is 6.13. The van der Waals surface area contributed by atoms with Crippen molar-refractivity contribution in [1.29, 1.82) is 0 Å². The molecule has 0 saturated carbocycles. The van der Waals surface area contributed by atoms with Crippen LogP contribution in [0.25, 0.3) is 0 Å². The lowest BCUT2D eigenvalue weighted by molar-refractivity contribution is 0.410. The van der Waals surface area contributed by atoms with Crippen molar-refractivity contribution in [2.24, 2.45) is 11.1 Å². The fourth-order valence-electron chi connectivity index (χ4n) is 1.97. The zero-order valence-electron chi connectivity index (χ0n) is 11.4. The summed E-state index contributed by atoms with van der Waals surface area (Å²) in [6, 6.07) is 0. The Bertz CT molecular complexity index is 476. The molecule has 5 nitrogen and oxygen atoms in total. The summed E-state index contributed by atoms with van der Waals surface area (Å²) >= 11 is 0. The molecule has 1 rings (SSSR count). The first-order valence-electron chi connectivity index (χ1n) is 6.51. The molecule has 0 amide bonds. The second-order valence-electron chi connectivity index (χ2n) is 4.63. The SMILES string of the molecule is CCCc1nc(S(N)(=O)=O)cn1CC(CC)CC. The van der Waals surface area contributed by atoms with Crippen molar-refractivity contribution in [3.8, 4) is 0 Å². The molecule has 1 aromatic rings. The number of primary sulfonamides is 1. The van der Waals surface area contributed by atoms with Gasteiger partial charge in [-0.05, 0) is 12.3 Å². The van der Waals surface area contributed by atoms with Gasteiger partial charge in [-0.25, -0.2) is 18.5 Å². The molecule has 0 bridgehead atoms. The summed E-state index contributed by atoms with van der Waals surface area (Å²) in [7, 11) is -3.70. The summed E-state index contributed by atoms with van der Waals surface area (Å²) < 4.78 is 24.6. The molecule has 0 radical (unpaired) electrons. The number of nitrogens with zero attached hydrogens (tertiary/aromatic N) is 2. The highest BCUT2D eigenvalue weighted by atomic mass is 32.2. The molecule has 104 valence electrons. The molecule has 0 spiro atoms. The van der Waals surface area contributed by atoms with Crippen LogP contribution in [0.2, 0.25) is 0 Å². The molecule has 0 aliphatic rings. The molecule has 0 aromatic carbocycles. The summed E-state index contributed by atoms with van der Waals surface area (Å²) in [5.41, 5.74) is 0. The van der Waals surface area contributed by atoms with Crippen LogP contribution in [0, 0.1) is 5.92 Å². The number of aryl methyl sites for hydroxylation is 1. The summed E-state index contributed by atoms with van der Waals surface area (Å²) in [6.07, 6.45) is 5.42. The Morgan fingerprint density at radius 2 is 1.94 bits per heavy atom. The minimum absolute atomic E-state index is 0.0168. The Balaban J connectivity index is 3.04. The monoisotopic (exact) mass is 273 g/mol. The van der Waals surface area contributed by atoms with Crippen molar-refractivity contribution in [3.63, 3.8) is 0 Å². The van der Waals surface area contributed by atoms with E-state index in [9.17, 15) is 8.42 Å². The Hall–Kier alpha value is -0.880. The topological polar surface area (TPSA) is 78.0 Å². The van der Waals surface area contributed by atoms with Crippen LogP contribution in [0.15, 0.2) is 11.2 Å². The van der Waals surface area contributed by atoms with Crippen molar-refractivity contribution in [2.45, 2.75) is 58.0 Å². The third-order valence-electron chi connectivity index (χ3n) is 3.21. The Morgan fingerprint density at radius 3 is 2.39 bits per heavy atom. The molecule has 0 aliphatic heterocycles. The smallest absolute Gasteiger partial charge is 0.257 e. The average Bonchev–Trinajstić information content (AvgIpc) is 2.69. The van der Waals surface area contributed by atoms with Crippen molar-refractivity contribution < 1.29 is 8.42 Å². The van der Waals surface area contributed by atoms with Gasteiger partial charge in [-0.3, -0.25) is 0 Å². The van der Waals surface area contributed by atoms with Gasteiger partial charge in [-0.1, -0.05) is 33.6 Å². The first-order valence-corrected chi connectivity index (χ1v) is 8.05. The maximum absolute atomic E-state index is 11.3. The standard InChI is InChI=1S/C12H23N3O2S/c1-4-7-11-14-12(18(13,16)17)9-15(11)8-10(5-2)6-3/h9-10H,4-8H2,1-3H3,(H2,13,16,17). The van der Waals surface area contributed by atoms with Gasteiger partial charge in [-0.2, -0.15) is 0 Å². The van der Waals surface area contributed by atoms with E-state index in [-0.39, 0.29) is 5.03 Å². The van der Waals surface area contributed by atoms with Gasteiger partial charge in [0.05, 0.1) is 0 Å². The van der Waals surface area contributed by atoms with E-state index in [2.05, 4.69) is 18.8 Å². The molecule has 0 saturated heterocycles. The highest BCUT2D eigenvalue weighted by Crippen LogP contribution is 2.16. The van der Waals surface area contributed by atoms with Crippen LogP contribution in [0.3, 0.4) is 0 Å². The van der Waals surface area contributed by atoms with Crippen LogP contribution >= 0.6 is 0 Å². The minimum atomic E-state index is -3.70. The summed E-state index contributed by atoms with van der Waals surface area (Å²) in [6.45, 7) is 7.15. The molecule has 0 aliphatic carbocycles. The summed E-state index contributed by atoms with van der Waals surface area (Å²) in [4.78, 5) is 4.14. The lowest BCUT2D eigenvalue weighted by Crippen LogP contribution is -2.12. The van der Waals surface area contributed by atoms with Gasteiger partial charge in [0.25, 0.3) is 10.0 Å². The second kappa shape index (κ2) is 6.33. The van der Waals surface area contributed by atoms with Gasteiger partial charge in [-0.15, -0.1) is 0 Å². The number of aromatic nitrogens is 2. The first kappa shape index (κ1) is 15.2. The molecule has 0 fully saturated rings. The van der Waals surface area contributed by atoms with Crippen LogP contribution in [0.5, 0.6) is 0 Å². The van der Waals surface area contributed by atoms with Gasteiger partial charge in [0, 0.05) is 19.2 Å². The Labute approximate surface area is 109 Å². The van der Waals surface area contributed by atoms with E-state index in [1.165, 1.54) is 0 Å². The largest absolute Gasteiger partial charge is 0.333 e. The lowest BCUT2D eigenvalue weighted by atomic mass is 10.0. The van der Waals surface area contributed by atoms with Gasteiger partial charge in [0.2, 0.25) is 0 Å². The summed E-state index contributed by atoms with van der Waals surface area (Å²) in [5, 5.41) is 5.11. The Morgan fingerprint density at radius 1 is 1.33 bits per heavy atom.